The minimum absolute atomic E-state index is 0.236. The molecule has 1 fully saturated rings. The van der Waals surface area contributed by atoms with E-state index in [0.717, 1.165) is 5.56 Å². The number of nitrogens with one attached hydrogen (secondary N) is 1. The molecular formula is C15H21N3O3S. The van der Waals surface area contributed by atoms with Gasteiger partial charge >= 0.3 is 6.03 Å². The SMILES string of the molecule is C=C(C)NC(=O)N1CCN(S(=O)(=O)c2ccc(C)cc2)CC1. The van der Waals surface area contributed by atoms with E-state index in [1.165, 1.54) is 4.31 Å². The van der Waals surface area contributed by atoms with Gasteiger partial charge in [-0.3, -0.25) is 0 Å². The highest BCUT2D eigenvalue weighted by atomic mass is 32.2. The molecule has 1 N–H and O–H groups in total. The number of carbonyl (C=O) groups excluding carboxylic acids is 1. The van der Waals surface area contributed by atoms with Crippen LogP contribution < -0.4 is 5.32 Å². The molecule has 22 heavy (non-hydrogen) atoms. The average Bonchev–Trinajstić information content (AvgIpc) is 2.47. The fourth-order valence-corrected chi connectivity index (χ4v) is 3.67. The predicted molar refractivity (Wildman–Crippen MR) is 84.9 cm³/mol. The molecule has 0 atom stereocenters. The molecule has 1 heterocycles. The summed E-state index contributed by atoms with van der Waals surface area (Å²) in [4.78, 5) is 13.7. The van der Waals surface area contributed by atoms with E-state index in [9.17, 15) is 13.2 Å². The number of carbonyl (C=O) groups is 1. The molecule has 1 saturated heterocycles. The van der Waals surface area contributed by atoms with E-state index in [1.54, 1.807) is 36.1 Å². The zero-order valence-electron chi connectivity index (χ0n) is 12.9. The van der Waals surface area contributed by atoms with Crippen LogP contribution in [-0.4, -0.2) is 49.8 Å². The molecule has 0 aromatic heterocycles. The number of nitrogens with zero attached hydrogens (tertiary/aromatic N) is 2. The van der Waals surface area contributed by atoms with Crippen LogP contribution in [0.25, 0.3) is 0 Å². The average molecular weight is 323 g/mol. The van der Waals surface area contributed by atoms with Crippen molar-refractivity contribution in [1.82, 2.24) is 14.5 Å². The van der Waals surface area contributed by atoms with E-state index in [1.807, 2.05) is 6.92 Å². The molecule has 0 aliphatic carbocycles. The van der Waals surface area contributed by atoms with Crippen molar-refractivity contribution in [3.05, 3.63) is 42.1 Å². The van der Waals surface area contributed by atoms with Gasteiger partial charge in [0.05, 0.1) is 4.90 Å². The molecule has 1 aromatic carbocycles. The van der Waals surface area contributed by atoms with Crippen molar-refractivity contribution in [2.75, 3.05) is 26.2 Å². The number of hydrogen-bond acceptors (Lipinski definition) is 3. The second kappa shape index (κ2) is 6.50. The Labute approximate surface area is 131 Å². The summed E-state index contributed by atoms with van der Waals surface area (Å²) >= 11 is 0. The third-order valence-electron chi connectivity index (χ3n) is 3.50. The Balaban J connectivity index is 2.03. The zero-order chi connectivity index (χ0) is 16.3. The first-order valence-corrected chi connectivity index (χ1v) is 8.53. The lowest BCUT2D eigenvalue weighted by Crippen LogP contribution is -2.52. The molecule has 1 aliphatic heterocycles. The van der Waals surface area contributed by atoms with Crippen LogP contribution in [0.1, 0.15) is 12.5 Å². The van der Waals surface area contributed by atoms with Crippen LogP contribution in [0.4, 0.5) is 4.79 Å². The van der Waals surface area contributed by atoms with Crippen molar-refractivity contribution in [2.45, 2.75) is 18.7 Å². The van der Waals surface area contributed by atoms with Gasteiger partial charge in [0.15, 0.2) is 0 Å². The first kappa shape index (κ1) is 16.5. The normalized spacial score (nSPS) is 16.4. The first-order valence-electron chi connectivity index (χ1n) is 7.09. The topological polar surface area (TPSA) is 69.7 Å². The van der Waals surface area contributed by atoms with Crippen LogP contribution in [-0.2, 0) is 10.0 Å². The van der Waals surface area contributed by atoms with Crippen LogP contribution in [0.2, 0.25) is 0 Å². The molecule has 1 aliphatic rings. The van der Waals surface area contributed by atoms with Crippen molar-refractivity contribution in [3.8, 4) is 0 Å². The quantitative estimate of drug-likeness (QED) is 0.917. The maximum Gasteiger partial charge on any atom is 0.321 e. The number of urea groups is 1. The summed E-state index contributed by atoms with van der Waals surface area (Å²) in [5.41, 5.74) is 1.58. The number of amides is 2. The van der Waals surface area contributed by atoms with E-state index in [0.29, 0.717) is 31.9 Å². The molecule has 2 rings (SSSR count). The van der Waals surface area contributed by atoms with E-state index in [-0.39, 0.29) is 10.9 Å². The van der Waals surface area contributed by atoms with E-state index in [2.05, 4.69) is 11.9 Å². The summed E-state index contributed by atoms with van der Waals surface area (Å²) < 4.78 is 26.5. The summed E-state index contributed by atoms with van der Waals surface area (Å²) in [6.07, 6.45) is 0. The minimum atomic E-state index is -3.49. The Morgan fingerprint density at radius 2 is 1.68 bits per heavy atom. The molecule has 7 heteroatoms. The Morgan fingerprint density at radius 1 is 1.14 bits per heavy atom. The van der Waals surface area contributed by atoms with Gasteiger partial charge in [-0.25, -0.2) is 13.2 Å². The van der Waals surface area contributed by atoms with Gasteiger partial charge in [0.2, 0.25) is 10.0 Å². The molecule has 0 radical (unpaired) electrons. The highest BCUT2D eigenvalue weighted by Crippen LogP contribution is 2.18. The third kappa shape index (κ3) is 3.66. The number of piperazine rings is 1. The monoisotopic (exact) mass is 323 g/mol. The van der Waals surface area contributed by atoms with Crippen LogP contribution in [0.3, 0.4) is 0 Å². The van der Waals surface area contributed by atoms with Gasteiger partial charge in [-0.05, 0) is 26.0 Å². The van der Waals surface area contributed by atoms with Crippen LogP contribution in [0.15, 0.2) is 41.4 Å². The standard InChI is InChI=1S/C15H21N3O3S/c1-12(2)16-15(19)17-8-10-18(11-9-17)22(20,21)14-6-4-13(3)5-7-14/h4-7H,1,8-11H2,2-3H3,(H,16,19). The Hall–Kier alpha value is -1.86. The summed E-state index contributed by atoms with van der Waals surface area (Å²) in [6, 6.07) is 6.56. The number of benzene rings is 1. The minimum Gasteiger partial charge on any atom is -0.322 e. The predicted octanol–water partition coefficient (Wildman–Crippen LogP) is 1.54. The van der Waals surface area contributed by atoms with E-state index >= 15 is 0 Å². The van der Waals surface area contributed by atoms with Crippen molar-refractivity contribution in [2.24, 2.45) is 0 Å². The highest BCUT2D eigenvalue weighted by Gasteiger charge is 2.29. The van der Waals surface area contributed by atoms with Crippen molar-refractivity contribution in [1.29, 1.82) is 0 Å². The smallest absolute Gasteiger partial charge is 0.321 e. The van der Waals surface area contributed by atoms with Crippen LogP contribution >= 0.6 is 0 Å². The Bertz CT molecular complexity index is 660. The van der Waals surface area contributed by atoms with Gasteiger partial charge in [0.25, 0.3) is 0 Å². The molecule has 0 unspecified atom stereocenters. The zero-order valence-corrected chi connectivity index (χ0v) is 13.7. The van der Waals surface area contributed by atoms with Crippen molar-refractivity contribution >= 4 is 16.1 Å². The van der Waals surface area contributed by atoms with Crippen LogP contribution in [0, 0.1) is 6.92 Å². The number of allylic oxidation sites excluding steroid dienone is 1. The van der Waals surface area contributed by atoms with Crippen LogP contribution in [0.5, 0.6) is 0 Å². The van der Waals surface area contributed by atoms with Gasteiger partial charge in [0, 0.05) is 31.9 Å². The Morgan fingerprint density at radius 3 is 2.18 bits per heavy atom. The number of hydrogen-bond donors (Lipinski definition) is 1. The van der Waals surface area contributed by atoms with Gasteiger partial charge in [-0.15, -0.1) is 0 Å². The lowest BCUT2D eigenvalue weighted by molar-refractivity contribution is 0.175. The van der Waals surface area contributed by atoms with E-state index < -0.39 is 10.0 Å². The lowest BCUT2D eigenvalue weighted by atomic mass is 10.2. The fraction of sp³-hybridized carbons (Fsp3) is 0.400. The number of aryl methyl sites for hydroxylation is 1. The lowest BCUT2D eigenvalue weighted by Gasteiger charge is -2.34. The highest BCUT2D eigenvalue weighted by molar-refractivity contribution is 7.89. The first-order chi connectivity index (χ1) is 10.3. The largest absolute Gasteiger partial charge is 0.322 e. The molecular weight excluding hydrogens is 302 g/mol. The third-order valence-corrected chi connectivity index (χ3v) is 5.42. The maximum atomic E-state index is 12.5. The molecule has 0 bridgehead atoms. The van der Waals surface area contributed by atoms with Gasteiger partial charge in [-0.2, -0.15) is 4.31 Å². The summed E-state index contributed by atoms with van der Waals surface area (Å²) in [5, 5.41) is 2.63. The number of sulfonamides is 1. The summed E-state index contributed by atoms with van der Waals surface area (Å²) in [5.74, 6) is 0. The molecule has 2 amide bonds. The van der Waals surface area contributed by atoms with Gasteiger partial charge < -0.3 is 10.2 Å². The Kier molecular flexibility index (Phi) is 4.87. The molecule has 120 valence electrons. The maximum absolute atomic E-state index is 12.5. The molecule has 0 saturated carbocycles. The summed E-state index contributed by atoms with van der Waals surface area (Å²) in [6.45, 7) is 8.56. The van der Waals surface area contributed by atoms with Gasteiger partial charge in [0.1, 0.15) is 0 Å². The molecule has 0 spiro atoms. The van der Waals surface area contributed by atoms with Gasteiger partial charge in [-0.1, -0.05) is 24.3 Å². The fourth-order valence-electron chi connectivity index (χ4n) is 2.25. The van der Waals surface area contributed by atoms with E-state index in [4.69, 9.17) is 0 Å². The molecule has 1 aromatic rings. The second-order valence-electron chi connectivity index (χ2n) is 5.41. The van der Waals surface area contributed by atoms with Crippen molar-refractivity contribution in [3.63, 3.8) is 0 Å². The molecule has 6 nitrogen and oxygen atoms in total. The summed E-state index contributed by atoms with van der Waals surface area (Å²) in [7, 11) is -3.49. The second-order valence-corrected chi connectivity index (χ2v) is 7.35. The number of rotatable bonds is 3. The van der Waals surface area contributed by atoms with Crippen molar-refractivity contribution < 1.29 is 13.2 Å².